The van der Waals surface area contributed by atoms with Gasteiger partial charge in [0.25, 0.3) is 5.91 Å². The average Bonchev–Trinajstić information content (AvgIpc) is 3.32. The molecular formula is C17H23N3O2. The Morgan fingerprint density at radius 3 is 3.05 bits per heavy atom. The van der Waals surface area contributed by atoms with E-state index in [1.807, 2.05) is 6.07 Å². The topological polar surface area (TPSA) is 54.5 Å². The van der Waals surface area contributed by atoms with Gasteiger partial charge in [0, 0.05) is 25.4 Å². The average molecular weight is 301 g/mol. The van der Waals surface area contributed by atoms with Gasteiger partial charge < -0.3 is 15.0 Å². The van der Waals surface area contributed by atoms with Gasteiger partial charge in [0.05, 0.1) is 17.7 Å². The van der Waals surface area contributed by atoms with Crippen molar-refractivity contribution in [2.75, 3.05) is 26.2 Å². The molecule has 118 valence electrons. The van der Waals surface area contributed by atoms with Gasteiger partial charge in [-0.25, -0.2) is 4.98 Å². The monoisotopic (exact) mass is 301 g/mol. The molecule has 3 aliphatic rings. The molecule has 2 aliphatic heterocycles. The zero-order valence-electron chi connectivity index (χ0n) is 12.9. The number of carbonyl (C=O) groups excluding carboxylic acids is 1. The molecule has 2 bridgehead atoms. The molecular weight excluding hydrogens is 278 g/mol. The molecule has 2 unspecified atom stereocenters. The minimum absolute atomic E-state index is 0.00927. The van der Waals surface area contributed by atoms with Crippen molar-refractivity contribution in [3.05, 3.63) is 23.9 Å². The first kappa shape index (κ1) is 14.0. The number of rotatable bonds is 5. The molecule has 5 nitrogen and oxygen atoms in total. The Hall–Kier alpha value is -1.62. The number of ether oxygens (including phenoxy) is 1. The maximum absolute atomic E-state index is 12.5. The number of aromatic nitrogens is 1. The van der Waals surface area contributed by atoms with Crippen LogP contribution in [-0.4, -0.2) is 47.6 Å². The summed E-state index contributed by atoms with van der Waals surface area (Å²) in [6.07, 6.45) is 7.48. The molecule has 0 aromatic carbocycles. The van der Waals surface area contributed by atoms with Crippen molar-refractivity contribution in [2.45, 2.75) is 37.6 Å². The van der Waals surface area contributed by atoms with Crippen molar-refractivity contribution < 1.29 is 9.53 Å². The highest BCUT2D eigenvalue weighted by Crippen LogP contribution is 2.31. The number of hydrogen-bond acceptors (Lipinski definition) is 4. The van der Waals surface area contributed by atoms with E-state index >= 15 is 0 Å². The number of pyridine rings is 1. The summed E-state index contributed by atoms with van der Waals surface area (Å²) in [7, 11) is 0. The van der Waals surface area contributed by atoms with E-state index in [4.69, 9.17) is 4.74 Å². The highest BCUT2D eigenvalue weighted by atomic mass is 16.5. The van der Waals surface area contributed by atoms with Crippen LogP contribution in [0.2, 0.25) is 0 Å². The number of piperidine rings is 1. The predicted octanol–water partition coefficient (Wildman–Crippen LogP) is 1.84. The van der Waals surface area contributed by atoms with E-state index in [2.05, 4.69) is 15.2 Å². The molecule has 2 atom stereocenters. The van der Waals surface area contributed by atoms with Crippen LogP contribution in [0.3, 0.4) is 0 Å². The molecule has 22 heavy (non-hydrogen) atoms. The smallest absolute Gasteiger partial charge is 0.253 e. The molecule has 1 aliphatic carbocycles. The van der Waals surface area contributed by atoms with Crippen LogP contribution >= 0.6 is 0 Å². The maximum atomic E-state index is 12.5. The molecule has 5 heteroatoms. The highest BCUT2D eigenvalue weighted by molar-refractivity contribution is 5.94. The molecule has 4 rings (SSSR count). The zero-order chi connectivity index (χ0) is 15.0. The van der Waals surface area contributed by atoms with E-state index in [0.29, 0.717) is 17.4 Å². The van der Waals surface area contributed by atoms with Gasteiger partial charge in [-0.1, -0.05) is 0 Å². The van der Waals surface area contributed by atoms with Gasteiger partial charge in [0.15, 0.2) is 0 Å². The van der Waals surface area contributed by atoms with Crippen LogP contribution in [0.4, 0.5) is 0 Å². The fourth-order valence-corrected chi connectivity index (χ4v) is 3.56. The number of fused-ring (bicyclic) bond motifs is 2. The van der Waals surface area contributed by atoms with Crippen LogP contribution in [0.15, 0.2) is 18.3 Å². The quantitative estimate of drug-likeness (QED) is 0.901. The standard InChI is InChI=1S/C17H23N3O2/c21-16(19-17-6-1-8-20(12-17)9-7-17)14-4-5-15(18-10-14)22-11-13-2-3-13/h4-5,10,13H,1-3,6-9,11-12H2,(H,19,21). The Kier molecular flexibility index (Phi) is 3.53. The third-order valence-electron chi connectivity index (χ3n) is 5.10. The normalized spacial score (nSPS) is 30.1. The van der Waals surface area contributed by atoms with Crippen molar-refractivity contribution in [2.24, 2.45) is 5.92 Å². The predicted molar refractivity (Wildman–Crippen MR) is 82.9 cm³/mol. The second kappa shape index (κ2) is 5.54. The summed E-state index contributed by atoms with van der Waals surface area (Å²) in [5.41, 5.74) is 0.605. The first-order chi connectivity index (χ1) is 10.7. The van der Waals surface area contributed by atoms with Gasteiger partial charge >= 0.3 is 0 Å². The van der Waals surface area contributed by atoms with Crippen LogP contribution in [0.25, 0.3) is 0 Å². The summed E-state index contributed by atoms with van der Waals surface area (Å²) < 4.78 is 5.61. The summed E-state index contributed by atoms with van der Waals surface area (Å²) in [4.78, 5) is 19.2. The van der Waals surface area contributed by atoms with Crippen molar-refractivity contribution >= 4 is 5.91 Å². The van der Waals surface area contributed by atoms with Crippen molar-refractivity contribution in [3.8, 4) is 5.88 Å². The van der Waals surface area contributed by atoms with Crippen LogP contribution in [0, 0.1) is 5.92 Å². The molecule has 1 saturated carbocycles. The molecule has 1 amide bonds. The number of hydrogen-bond donors (Lipinski definition) is 1. The molecule has 0 radical (unpaired) electrons. The van der Waals surface area contributed by atoms with Crippen molar-refractivity contribution in [1.29, 1.82) is 0 Å². The van der Waals surface area contributed by atoms with Gasteiger partial charge in [-0.05, 0) is 50.6 Å². The van der Waals surface area contributed by atoms with E-state index < -0.39 is 0 Å². The fraction of sp³-hybridized carbons (Fsp3) is 0.647. The van der Waals surface area contributed by atoms with Gasteiger partial charge in [-0.3, -0.25) is 4.79 Å². The maximum Gasteiger partial charge on any atom is 0.253 e. The van der Waals surface area contributed by atoms with Crippen LogP contribution in [0.1, 0.15) is 42.5 Å². The van der Waals surface area contributed by atoms with E-state index in [1.54, 1.807) is 12.3 Å². The van der Waals surface area contributed by atoms with Crippen molar-refractivity contribution in [3.63, 3.8) is 0 Å². The van der Waals surface area contributed by atoms with Gasteiger partial charge in [-0.2, -0.15) is 0 Å². The Morgan fingerprint density at radius 1 is 1.36 bits per heavy atom. The second-order valence-electron chi connectivity index (χ2n) is 7.00. The van der Waals surface area contributed by atoms with Crippen molar-refractivity contribution in [1.82, 2.24) is 15.2 Å². The van der Waals surface area contributed by atoms with E-state index in [1.165, 1.54) is 25.8 Å². The number of amides is 1. The minimum Gasteiger partial charge on any atom is -0.477 e. The molecule has 0 spiro atoms. The van der Waals surface area contributed by atoms with E-state index in [0.717, 1.165) is 32.5 Å². The number of nitrogens with zero attached hydrogens (tertiary/aromatic N) is 2. The summed E-state index contributed by atoms with van der Waals surface area (Å²) >= 11 is 0. The Bertz CT molecular complexity index is 552. The lowest BCUT2D eigenvalue weighted by Gasteiger charge is -2.34. The van der Waals surface area contributed by atoms with E-state index in [-0.39, 0.29) is 11.4 Å². The first-order valence-corrected chi connectivity index (χ1v) is 8.36. The largest absolute Gasteiger partial charge is 0.477 e. The van der Waals surface area contributed by atoms with Gasteiger partial charge in [-0.15, -0.1) is 0 Å². The SMILES string of the molecule is O=C(NC12CCCN(CC1)C2)c1ccc(OCC2CC2)nc1. The molecule has 1 aromatic rings. The Labute approximate surface area is 131 Å². The van der Waals surface area contributed by atoms with Crippen LogP contribution < -0.4 is 10.1 Å². The lowest BCUT2D eigenvalue weighted by Crippen LogP contribution is -2.52. The van der Waals surface area contributed by atoms with E-state index in [9.17, 15) is 4.79 Å². The summed E-state index contributed by atoms with van der Waals surface area (Å²) in [6, 6.07) is 3.62. The lowest BCUT2D eigenvalue weighted by atomic mass is 9.90. The molecule has 1 N–H and O–H groups in total. The number of carbonyl (C=O) groups is 1. The molecule has 3 fully saturated rings. The molecule has 2 saturated heterocycles. The first-order valence-electron chi connectivity index (χ1n) is 8.36. The van der Waals surface area contributed by atoms with Crippen LogP contribution in [-0.2, 0) is 0 Å². The summed E-state index contributed by atoms with van der Waals surface area (Å²) in [6.45, 7) is 4.02. The third kappa shape index (κ3) is 2.95. The Balaban J connectivity index is 1.37. The minimum atomic E-state index is -0.0174. The van der Waals surface area contributed by atoms with Gasteiger partial charge in [0.2, 0.25) is 5.88 Å². The third-order valence-corrected chi connectivity index (χ3v) is 5.10. The van der Waals surface area contributed by atoms with Gasteiger partial charge in [0.1, 0.15) is 0 Å². The molecule has 3 heterocycles. The summed E-state index contributed by atoms with van der Waals surface area (Å²) in [5, 5.41) is 3.26. The second-order valence-corrected chi connectivity index (χ2v) is 7.00. The molecule has 1 aromatic heterocycles. The summed E-state index contributed by atoms with van der Waals surface area (Å²) in [5.74, 6) is 1.32. The highest BCUT2D eigenvalue weighted by Gasteiger charge is 2.41. The Morgan fingerprint density at radius 2 is 2.27 bits per heavy atom. The lowest BCUT2D eigenvalue weighted by molar-refractivity contribution is 0.0877. The number of nitrogens with one attached hydrogen (secondary N) is 1. The fourth-order valence-electron chi connectivity index (χ4n) is 3.56. The zero-order valence-corrected chi connectivity index (χ0v) is 12.9. The van der Waals surface area contributed by atoms with Crippen LogP contribution in [0.5, 0.6) is 5.88 Å².